The average Bonchev–Trinajstić information content (AvgIpc) is 3.62. The molecule has 5 rings (SSSR count). The molecule has 3 atom stereocenters. The minimum atomic E-state index is -0.873. The van der Waals surface area contributed by atoms with Gasteiger partial charge in [0.15, 0.2) is 28.9 Å². The highest BCUT2D eigenvalue weighted by atomic mass is 19.1. The molecular weight excluding hydrogens is 522 g/mol. The largest absolute Gasteiger partial charge is 0.494 e. The Morgan fingerprint density at radius 2 is 1.93 bits per heavy atom. The Kier molecular flexibility index (Phi) is 8.13. The van der Waals surface area contributed by atoms with Gasteiger partial charge in [-0.3, -0.25) is 4.79 Å². The molecule has 0 amide bonds. The highest BCUT2D eigenvalue weighted by molar-refractivity contribution is 5.96. The molecule has 2 aliphatic rings. The molecule has 0 aliphatic carbocycles. The lowest BCUT2D eigenvalue weighted by Gasteiger charge is -2.22. The Bertz CT molecular complexity index is 1410. The van der Waals surface area contributed by atoms with Crippen LogP contribution in [0, 0.1) is 17.6 Å². The summed E-state index contributed by atoms with van der Waals surface area (Å²) in [4.78, 5) is 23.3. The molecular formula is C29H32F2N4O5. The minimum absolute atomic E-state index is 0.00381. The summed E-state index contributed by atoms with van der Waals surface area (Å²) >= 11 is 0. The lowest BCUT2D eigenvalue weighted by molar-refractivity contribution is -0.115. The monoisotopic (exact) mass is 554 g/mol. The number of pyridine rings is 2. The van der Waals surface area contributed by atoms with Crippen molar-refractivity contribution in [2.45, 2.75) is 25.0 Å². The third-order valence-electron chi connectivity index (χ3n) is 7.52. The van der Waals surface area contributed by atoms with Gasteiger partial charge in [-0.1, -0.05) is 6.58 Å². The van der Waals surface area contributed by atoms with Crippen LogP contribution in [-0.2, 0) is 14.3 Å². The van der Waals surface area contributed by atoms with Gasteiger partial charge >= 0.3 is 0 Å². The minimum Gasteiger partial charge on any atom is -0.494 e. The number of ether oxygens (including phenoxy) is 4. The number of hydrogen-bond acceptors (Lipinski definition) is 9. The van der Waals surface area contributed by atoms with Crippen LogP contribution in [0.3, 0.4) is 0 Å². The number of aromatic nitrogens is 2. The maximum Gasteiger partial charge on any atom is 0.177 e. The number of methoxy groups -OCH3 is 3. The SMILES string of the molecule is C=CC(=O)C[C@H]1COC[C@H]1Nc1cc2c(N3CCC(OC)C3)nc(-c3c(F)c(OC)cc(OC)c3F)cc2cn1. The Balaban J connectivity index is 1.59. The second-order valence-electron chi connectivity index (χ2n) is 9.92. The van der Waals surface area contributed by atoms with Gasteiger partial charge in [-0.25, -0.2) is 18.7 Å². The zero-order valence-electron chi connectivity index (χ0n) is 22.7. The standard InChI is InChI=1S/C29H32F2N4O5/c1-5-18(36)8-17-14-40-15-22(17)33-25-10-20-16(12-32-25)9-21(34-29(20)35-7-6-19(13-35)37-2)26-27(30)23(38-3)11-24(39-4)28(26)31/h5,9-12,17,19,22H,1,6-8,13-15H2,2-4H3,(H,32,33)/t17-,19?,22+/m0/s1. The van der Waals surface area contributed by atoms with Gasteiger partial charge in [0.05, 0.1) is 50.8 Å². The second-order valence-corrected chi connectivity index (χ2v) is 9.92. The van der Waals surface area contributed by atoms with E-state index in [4.69, 9.17) is 23.9 Å². The van der Waals surface area contributed by atoms with E-state index in [0.29, 0.717) is 49.7 Å². The fourth-order valence-electron chi connectivity index (χ4n) is 5.29. The van der Waals surface area contributed by atoms with Crippen LogP contribution in [0.4, 0.5) is 20.4 Å². The highest BCUT2D eigenvalue weighted by Gasteiger charge is 2.31. The van der Waals surface area contributed by atoms with Crippen molar-refractivity contribution in [3.8, 4) is 22.8 Å². The van der Waals surface area contributed by atoms with E-state index in [0.717, 1.165) is 11.8 Å². The fraction of sp³-hybridized carbons (Fsp3) is 0.414. The molecule has 2 fully saturated rings. The van der Waals surface area contributed by atoms with E-state index in [1.807, 2.05) is 11.0 Å². The smallest absolute Gasteiger partial charge is 0.177 e. The highest BCUT2D eigenvalue weighted by Crippen LogP contribution is 2.40. The predicted molar refractivity (Wildman–Crippen MR) is 147 cm³/mol. The van der Waals surface area contributed by atoms with E-state index in [9.17, 15) is 4.79 Å². The molecule has 1 N–H and O–H groups in total. The summed E-state index contributed by atoms with van der Waals surface area (Å²) in [7, 11) is 4.27. The van der Waals surface area contributed by atoms with Crippen LogP contribution >= 0.6 is 0 Å². The van der Waals surface area contributed by atoms with Crippen LogP contribution in [-0.4, -0.2) is 75.5 Å². The number of fused-ring (bicyclic) bond motifs is 1. The van der Waals surface area contributed by atoms with E-state index in [2.05, 4.69) is 16.9 Å². The Morgan fingerprint density at radius 3 is 2.58 bits per heavy atom. The number of carbonyl (C=O) groups excluding carboxylic acids is 1. The Labute approximate surface area is 231 Å². The average molecular weight is 555 g/mol. The van der Waals surface area contributed by atoms with Crippen molar-refractivity contribution in [3.05, 3.63) is 48.7 Å². The number of carbonyl (C=O) groups is 1. The van der Waals surface area contributed by atoms with Crippen LogP contribution in [0.5, 0.6) is 11.5 Å². The molecule has 1 unspecified atom stereocenters. The zero-order valence-corrected chi connectivity index (χ0v) is 22.7. The molecule has 4 heterocycles. The molecule has 11 heteroatoms. The molecule has 212 valence electrons. The molecule has 2 aliphatic heterocycles. The summed E-state index contributed by atoms with van der Waals surface area (Å²) in [6.07, 6.45) is 4.09. The number of halogens is 2. The normalized spacial score (nSPS) is 20.6. The first-order valence-corrected chi connectivity index (χ1v) is 13.0. The van der Waals surface area contributed by atoms with Crippen molar-refractivity contribution in [3.63, 3.8) is 0 Å². The van der Waals surface area contributed by atoms with E-state index < -0.39 is 11.6 Å². The first kappa shape index (κ1) is 27.7. The van der Waals surface area contributed by atoms with Gasteiger partial charge in [0.1, 0.15) is 11.6 Å². The van der Waals surface area contributed by atoms with Crippen LogP contribution < -0.4 is 19.7 Å². The number of hydrogen-bond donors (Lipinski definition) is 1. The molecule has 1 aromatic carbocycles. The van der Waals surface area contributed by atoms with Gasteiger partial charge in [0, 0.05) is 55.6 Å². The van der Waals surface area contributed by atoms with Crippen LogP contribution in [0.2, 0.25) is 0 Å². The second kappa shape index (κ2) is 11.7. The van der Waals surface area contributed by atoms with E-state index >= 15 is 8.78 Å². The lowest BCUT2D eigenvalue weighted by Crippen LogP contribution is -2.29. The van der Waals surface area contributed by atoms with Gasteiger partial charge in [-0.2, -0.15) is 0 Å². The zero-order chi connectivity index (χ0) is 28.4. The Hall–Kier alpha value is -3.83. The van der Waals surface area contributed by atoms with Crippen LogP contribution in [0.15, 0.2) is 37.1 Å². The third kappa shape index (κ3) is 5.31. The summed E-state index contributed by atoms with van der Waals surface area (Å²) < 4.78 is 52.3. The molecule has 2 aromatic heterocycles. The van der Waals surface area contributed by atoms with Gasteiger partial charge in [-0.15, -0.1) is 0 Å². The van der Waals surface area contributed by atoms with Crippen molar-refractivity contribution in [2.75, 3.05) is 57.8 Å². The van der Waals surface area contributed by atoms with Crippen molar-refractivity contribution in [1.29, 1.82) is 0 Å². The molecule has 40 heavy (non-hydrogen) atoms. The maximum absolute atomic E-state index is 15.4. The first-order chi connectivity index (χ1) is 19.4. The van der Waals surface area contributed by atoms with Crippen molar-refractivity contribution < 1.29 is 32.5 Å². The molecule has 2 saturated heterocycles. The predicted octanol–water partition coefficient (Wildman–Crippen LogP) is 4.39. The number of anilines is 2. The number of ketones is 1. The summed E-state index contributed by atoms with van der Waals surface area (Å²) in [6, 6.07) is 4.53. The molecule has 0 radical (unpaired) electrons. The first-order valence-electron chi connectivity index (χ1n) is 13.0. The molecule has 0 saturated carbocycles. The van der Waals surface area contributed by atoms with Gasteiger partial charge in [0.25, 0.3) is 0 Å². The van der Waals surface area contributed by atoms with Crippen LogP contribution in [0.25, 0.3) is 22.0 Å². The summed E-state index contributed by atoms with van der Waals surface area (Å²) in [5.74, 6) is -0.973. The van der Waals surface area contributed by atoms with Gasteiger partial charge < -0.3 is 29.2 Å². The summed E-state index contributed by atoms with van der Waals surface area (Å²) in [6.45, 7) is 5.69. The van der Waals surface area contributed by atoms with Crippen LogP contribution in [0.1, 0.15) is 12.8 Å². The lowest BCUT2D eigenvalue weighted by atomic mass is 9.97. The summed E-state index contributed by atoms with van der Waals surface area (Å²) in [5.41, 5.74) is -0.257. The number of nitrogens with zero attached hydrogens (tertiary/aromatic N) is 3. The summed E-state index contributed by atoms with van der Waals surface area (Å²) in [5, 5.41) is 4.80. The molecule has 0 bridgehead atoms. The number of nitrogens with one attached hydrogen (secondary N) is 1. The quantitative estimate of drug-likeness (QED) is 0.366. The fourth-order valence-corrected chi connectivity index (χ4v) is 5.29. The topological polar surface area (TPSA) is 95.0 Å². The third-order valence-corrected chi connectivity index (χ3v) is 7.52. The van der Waals surface area contributed by atoms with Crippen molar-refractivity contribution >= 4 is 28.2 Å². The van der Waals surface area contributed by atoms with E-state index in [1.165, 1.54) is 26.4 Å². The number of benzene rings is 1. The van der Waals surface area contributed by atoms with Crippen molar-refractivity contribution in [1.82, 2.24) is 9.97 Å². The van der Waals surface area contributed by atoms with Gasteiger partial charge in [-0.05, 0) is 24.6 Å². The van der Waals surface area contributed by atoms with Crippen molar-refractivity contribution in [2.24, 2.45) is 5.92 Å². The Morgan fingerprint density at radius 1 is 1.18 bits per heavy atom. The number of rotatable bonds is 10. The van der Waals surface area contributed by atoms with Gasteiger partial charge in [0.2, 0.25) is 0 Å². The number of allylic oxidation sites excluding steroid dienone is 1. The molecule has 0 spiro atoms. The molecule has 3 aromatic rings. The van der Waals surface area contributed by atoms with E-state index in [1.54, 1.807) is 19.4 Å². The maximum atomic E-state index is 15.4. The molecule has 9 nitrogen and oxygen atoms in total. The van der Waals surface area contributed by atoms with E-state index in [-0.39, 0.29) is 46.6 Å².